The molecule has 1 aromatic rings. The maximum Gasteiger partial charge on any atom is 0.119 e. The maximum atomic E-state index is 5.57. The van der Waals surface area contributed by atoms with Gasteiger partial charge in [0.05, 0.1) is 7.11 Å². The number of rotatable bonds is 4. The summed E-state index contributed by atoms with van der Waals surface area (Å²) in [5, 5.41) is 0. The zero-order chi connectivity index (χ0) is 11.4. The van der Waals surface area contributed by atoms with E-state index in [1.165, 1.54) is 36.8 Å². The van der Waals surface area contributed by atoms with E-state index in [-0.39, 0.29) is 0 Å². The number of hydrogen-bond acceptors (Lipinski definition) is 2. The first kappa shape index (κ1) is 11.5. The van der Waals surface area contributed by atoms with Crippen LogP contribution in [0, 0.1) is 5.92 Å². The minimum absolute atomic E-state index is 0.821. The highest BCUT2D eigenvalue weighted by Crippen LogP contribution is 2.30. The third-order valence-electron chi connectivity index (χ3n) is 3.56. The molecule has 1 aliphatic carbocycles. The fourth-order valence-electron chi connectivity index (χ4n) is 2.59. The number of ether oxygens (including phenoxy) is 1. The lowest BCUT2D eigenvalue weighted by Crippen LogP contribution is -2.15. The Hall–Kier alpha value is -1.02. The molecule has 2 heteroatoms. The molecule has 0 aliphatic heterocycles. The van der Waals surface area contributed by atoms with Crippen molar-refractivity contribution in [2.24, 2.45) is 11.7 Å². The number of fused-ring (bicyclic) bond motifs is 1. The van der Waals surface area contributed by atoms with Crippen molar-refractivity contribution in [3.63, 3.8) is 0 Å². The van der Waals surface area contributed by atoms with Gasteiger partial charge < -0.3 is 10.5 Å². The summed E-state index contributed by atoms with van der Waals surface area (Å²) in [4.78, 5) is 0. The van der Waals surface area contributed by atoms with E-state index in [4.69, 9.17) is 10.5 Å². The molecular formula is C14H21NO. The fourth-order valence-corrected chi connectivity index (χ4v) is 2.59. The van der Waals surface area contributed by atoms with Gasteiger partial charge in [-0.15, -0.1) is 0 Å². The smallest absolute Gasteiger partial charge is 0.119 e. The number of benzene rings is 1. The largest absolute Gasteiger partial charge is 0.497 e. The molecule has 1 atom stereocenters. The number of nitrogens with two attached hydrogens (primary N) is 1. The molecule has 0 radical (unpaired) electrons. The van der Waals surface area contributed by atoms with Crippen LogP contribution >= 0.6 is 0 Å². The molecule has 1 aliphatic rings. The van der Waals surface area contributed by atoms with Crippen molar-refractivity contribution in [2.75, 3.05) is 13.7 Å². The predicted octanol–water partition coefficient (Wildman–Crippen LogP) is 2.54. The van der Waals surface area contributed by atoms with E-state index in [1.807, 2.05) is 0 Å². The number of aryl methyl sites for hydroxylation is 1. The average Bonchev–Trinajstić information content (AvgIpc) is 2.35. The Morgan fingerprint density at radius 3 is 3.00 bits per heavy atom. The van der Waals surface area contributed by atoms with E-state index in [9.17, 15) is 0 Å². The van der Waals surface area contributed by atoms with Gasteiger partial charge in [0.25, 0.3) is 0 Å². The Morgan fingerprint density at radius 1 is 1.38 bits per heavy atom. The lowest BCUT2D eigenvalue weighted by molar-refractivity contribution is 0.402. The van der Waals surface area contributed by atoms with Crippen LogP contribution in [-0.2, 0) is 12.8 Å². The van der Waals surface area contributed by atoms with Crippen LogP contribution < -0.4 is 10.5 Å². The first-order valence-electron chi connectivity index (χ1n) is 6.19. The predicted molar refractivity (Wildman–Crippen MR) is 66.8 cm³/mol. The molecule has 0 aromatic heterocycles. The Kier molecular flexibility index (Phi) is 3.83. The molecule has 0 unspecified atom stereocenters. The van der Waals surface area contributed by atoms with E-state index >= 15 is 0 Å². The van der Waals surface area contributed by atoms with E-state index in [0.717, 1.165) is 24.6 Å². The lowest BCUT2D eigenvalue weighted by Gasteiger charge is -2.24. The lowest BCUT2D eigenvalue weighted by atomic mass is 9.81. The van der Waals surface area contributed by atoms with Crippen LogP contribution in [0.2, 0.25) is 0 Å². The minimum atomic E-state index is 0.821. The van der Waals surface area contributed by atoms with E-state index in [0.29, 0.717) is 0 Å². The van der Waals surface area contributed by atoms with Crippen molar-refractivity contribution in [1.82, 2.24) is 0 Å². The van der Waals surface area contributed by atoms with Crippen LogP contribution in [0.25, 0.3) is 0 Å². The normalized spacial score (nSPS) is 19.2. The van der Waals surface area contributed by atoms with Gasteiger partial charge in [-0.05, 0) is 67.8 Å². The fraction of sp³-hybridized carbons (Fsp3) is 0.571. The molecule has 0 bridgehead atoms. The Labute approximate surface area is 97.8 Å². The molecular weight excluding hydrogens is 198 g/mol. The van der Waals surface area contributed by atoms with Gasteiger partial charge in [-0.1, -0.05) is 6.07 Å². The molecule has 0 heterocycles. The quantitative estimate of drug-likeness (QED) is 0.844. The van der Waals surface area contributed by atoms with Crippen LogP contribution in [-0.4, -0.2) is 13.7 Å². The summed E-state index contributed by atoms with van der Waals surface area (Å²) < 4.78 is 5.28. The van der Waals surface area contributed by atoms with Gasteiger partial charge in [-0.3, -0.25) is 0 Å². The van der Waals surface area contributed by atoms with Gasteiger partial charge >= 0.3 is 0 Å². The molecule has 0 amide bonds. The molecule has 1 aromatic carbocycles. The topological polar surface area (TPSA) is 35.2 Å². The molecule has 0 spiro atoms. The highest BCUT2D eigenvalue weighted by atomic mass is 16.5. The summed E-state index contributed by atoms with van der Waals surface area (Å²) in [6.07, 6.45) is 6.16. The number of methoxy groups -OCH3 is 1. The third-order valence-corrected chi connectivity index (χ3v) is 3.56. The van der Waals surface area contributed by atoms with Gasteiger partial charge in [0.15, 0.2) is 0 Å². The minimum Gasteiger partial charge on any atom is -0.497 e. The van der Waals surface area contributed by atoms with Crippen molar-refractivity contribution < 1.29 is 4.74 Å². The van der Waals surface area contributed by atoms with Crippen molar-refractivity contribution in [3.8, 4) is 5.75 Å². The van der Waals surface area contributed by atoms with E-state index < -0.39 is 0 Å². The highest BCUT2D eigenvalue weighted by Gasteiger charge is 2.18. The SMILES string of the molecule is COc1ccc2c(c1)C[C@@H](CCCN)CC2. The molecule has 88 valence electrons. The molecule has 0 saturated heterocycles. The maximum absolute atomic E-state index is 5.57. The molecule has 2 nitrogen and oxygen atoms in total. The van der Waals surface area contributed by atoms with Gasteiger partial charge in [0, 0.05) is 0 Å². The van der Waals surface area contributed by atoms with E-state index in [2.05, 4.69) is 18.2 Å². The standard InChI is InChI=1S/C14H21NO/c1-16-14-7-6-12-5-4-11(3-2-8-15)9-13(12)10-14/h6-7,10-11H,2-5,8-9,15H2,1H3/t11-/m0/s1. The Morgan fingerprint density at radius 2 is 2.25 bits per heavy atom. The molecule has 0 saturated carbocycles. The summed E-state index contributed by atoms with van der Waals surface area (Å²) in [6, 6.07) is 6.48. The number of hydrogen-bond donors (Lipinski definition) is 1. The molecule has 2 N–H and O–H groups in total. The molecule has 0 fully saturated rings. The Bertz CT molecular complexity index is 349. The molecule has 2 rings (SSSR count). The zero-order valence-electron chi connectivity index (χ0n) is 10.0. The van der Waals surface area contributed by atoms with Crippen LogP contribution in [0.3, 0.4) is 0 Å². The summed E-state index contributed by atoms with van der Waals surface area (Å²) in [5.74, 6) is 1.81. The first-order chi connectivity index (χ1) is 7.83. The second-order valence-corrected chi connectivity index (χ2v) is 4.67. The van der Waals surface area contributed by atoms with Gasteiger partial charge in [0.1, 0.15) is 5.75 Å². The zero-order valence-corrected chi connectivity index (χ0v) is 10.0. The van der Waals surface area contributed by atoms with Crippen molar-refractivity contribution in [2.45, 2.75) is 32.1 Å². The highest BCUT2D eigenvalue weighted by molar-refractivity contribution is 5.37. The second-order valence-electron chi connectivity index (χ2n) is 4.67. The van der Waals surface area contributed by atoms with Crippen LogP contribution in [0.5, 0.6) is 5.75 Å². The molecule has 16 heavy (non-hydrogen) atoms. The monoisotopic (exact) mass is 219 g/mol. The third kappa shape index (κ3) is 2.56. The first-order valence-corrected chi connectivity index (χ1v) is 6.19. The van der Waals surface area contributed by atoms with Crippen molar-refractivity contribution in [3.05, 3.63) is 29.3 Å². The second kappa shape index (κ2) is 5.35. The van der Waals surface area contributed by atoms with Crippen LogP contribution in [0.4, 0.5) is 0 Å². The summed E-state index contributed by atoms with van der Waals surface area (Å²) in [5.41, 5.74) is 8.55. The van der Waals surface area contributed by atoms with Crippen LogP contribution in [0.1, 0.15) is 30.4 Å². The Balaban J connectivity index is 2.06. The summed E-state index contributed by atoms with van der Waals surface area (Å²) in [6.45, 7) is 0.821. The van der Waals surface area contributed by atoms with Crippen LogP contribution in [0.15, 0.2) is 18.2 Å². The van der Waals surface area contributed by atoms with Gasteiger partial charge in [0.2, 0.25) is 0 Å². The van der Waals surface area contributed by atoms with E-state index in [1.54, 1.807) is 7.11 Å². The summed E-state index contributed by atoms with van der Waals surface area (Å²) >= 11 is 0. The van der Waals surface area contributed by atoms with Gasteiger partial charge in [-0.2, -0.15) is 0 Å². The average molecular weight is 219 g/mol. The summed E-state index contributed by atoms with van der Waals surface area (Å²) in [7, 11) is 1.73. The van der Waals surface area contributed by atoms with Gasteiger partial charge in [-0.25, -0.2) is 0 Å². The van der Waals surface area contributed by atoms with Crippen molar-refractivity contribution >= 4 is 0 Å². The van der Waals surface area contributed by atoms with Crippen molar-refractivity contribution in [1.29, 1.82) is 0 Å².